The van der Waals surface area contributed by atoms with Crippen LogP contribution in [0.4, 0.5) is 10.2 Å². The largest absolute Gasteiger partial charge is 0.490 e. The first-order chi connectivity index (χ1) is 19.8. The van der Waals surface area contributed by atoms with E-state index in [0.29, 0.717) is 42.9 Å². The number of halogens is 1. The molecule has 11 heteroatoms. The molecule has 3 N–H and O–H groups in total. The predicted molar refractivity (Wildman–Crippen MR) is 150 cm³/mol. The Hall–Kier alpha value is -5.03. The van der Waals surface area contributed by atoms with Gasteiger partial charge >= 0.3 is 0 Å². The monoisotopic (exact) mass is 552 g/mol. The molecule has 1 saturated carbocycles. The molecule has 1 aliphatic heterocycles. The molecular formula is C30H29FN8O2. The van der Waals surface area contributed by atoms with Crippen molar-refractivity contribution in [2.75, 3.05) is 24.6 Å². The summed E-state index contributed by atoms with van der Waals surface area (Å²) in [6.07, 6.45) is 8.75. The van der Waals surface area contributed by atoms with Gasteiger partial charge in [0, 0.05) is 48.3 Å². The van der Waals surface area contributed by atoms with Crippen molar-refractivity contribution in [2.24, 2.45) is 11.1 Å². The van der Waals surface area contributed by atoms with Crippen LogP contribution < -0.4 is 20.7 Å². The minimum absolute atomic E-state index is 0.210. The first-order valence-electron chi connectivity index (χ1n) is 13.3. The summed E-state index contributed by atoms with van der Waals surface area (Å²) in [6.45, 7) is 3.50. The lowest BCUT2D eigenvalue weighted by Crippen LogP contribution is -2.53. The normalized spacial score (nSPS) is 17.2. The highest BCUT2D eigenvalue weighted by Gasteiger charge is 2.44. The summed E-state index contributed by atoms with van der Waals surface area (Å²) >= 11 is 0. The molecule has 2 aliphatic rings. The summed E-state index contributed by atoms with van der Waals surface area (Å²) in [5, 5.41) is 21.9. The zero-order chi connectivity index (χ0) is 29.0. The van der Waals surface area contributed by atoms with Crippen molar-refractivity contribution in [2.45, 2.75) is 38.1 Å². The average molecular weight is 553 g/mol. The van der Waals surface area contributed by atoms with Crippen LogP contribution in [0.3, 0.4) is 0 Å². The minimum atomic E-state index is -0.649. The second-order valence-electron chi connectivity index (χ2n) is 10.7. The fourth-order valence-electron chi connectivity index (χ4n) is 4.76. The summed E-state index contributed by atoms with van der Waals surface area (Å²) in [7, 11) is 0. The van der Waals surface area contributed by atoms with E-state index in [1.807, 2.05) is 19.1 Å². The van der Waals surface area contributed by atoms with E-state index in [1.54, 1.807) is 12.3 Å². The van der Waals surface area contributed by atoms with Gasteiger partial charge in [0.25, 0.3) is 5.91 Å². The standard InChI is InChI=1S/C30H29FN8O2/c1-29(38-28(40)27-24(31)3-2-10-35-27)8-11-39(12-9-29)25-5-4-20(16-36-25)23-13-22(41-19-30(18-34)6-7-30)17-37-26(23)21(14-32)15-33/h2-5,10,13-14,16-17H,6-9,11-12,19,32H2,1H3,(H,38,40). The van der Waals surface area contributed by atoms with Gasteiger partial charge in [0.2, 0.25) is 0 Å². The van der Waals surface area contributed by atoms with Crippen LogP contribution in [-0.2, 0) is 0 Å². The number of hydrogen-bond acceptors (Lipinski definition) is 9. The Kier molecular flexibility index (Phi) is 7.54. The number of ether oxygens (including phenoxy) is 1. The molecular weight excluding hydrogens is 523 g/mol. The molecule has 10 nitrogen and oxygen atoms in total. The Balaban J connectivity index is 1.29. The third-order valence-electron chi connectivity index (χ3n) is 7.65. The minimum Gasteiger partial charge on any atom is -0.490 e. The van der Waals surface area contributed by atoms with Crippen molar-refractivity contribution in [3.63, 3.8) is 0 Å². The summed E-state index contributed by atoms with van der Waals surface area (Å²) in [5.41, 5.74) is 6.53. The van der Waals surface area contributed by atoms with Gasteiger partial charge in [0.05, 0.1) is 28.9 Å². The second-order valence-corrected chi connectivity index (χ2v) is 10.7. The highest BCUT2D eigenvalue weighted by molar-refractivity contribution is 5.93. The molecule has 1 amide bonds. The van der Waals surface area contributed by atoms with Crippen LogP contribution in [0.5, 0.6) is 5.75 Å². The maximum absolute atomic E-state index is 14.0. The van der Waals surface area contributed by atoms with Crippen molar-refractivity contribution in [1.82, 2.24) is 20.3 Å². The summed E-state index contributed by atoms with van der Waals surface area (Å²) < 4.78 is 19.9. The van der Waals surface area contributed by atoms with Gasteiger partial charge in [-0.25, -0.2) is 14.4 Å². The first-order valence-corrected chi connectivity index (χ1v) is 13.3. The molecule has 5 rings (SSSR count). The highest BCUT2D eigenvalue weighted by atomic mass is 19.1. The Labute approximate surface area is 237 Å². The lowest BCUT2D eigenvalue weighted by Gasteiger charge is -2.40. The van der Waals surface area contributed by atoms with Crippen LogP contribution in [0.1, 0.15) is 48.8 Å². The quantitative estimate of drug-likeness (QED) is 0.395. The molecule has 0 unspecified atom stereocenters. The summed E-state index contributed by atoms with van der Waals surface area (Å²) in [4.78, 5) is 27.7. The molecule has 3 aromatic heterocycles. The smallest absolute Gasteiger partial charge is 0.273 e. The lowest BCUT2D eigenvalue weighted by atomic mass is 9.89. The van der Waals surface area contributed by atoms with Crippen LogP contribution >= 0.6 is 0 Å². The van der Waals surface area contributed by atoms with Crippen molar-refractivity contribution >= 4 is 17.3 Å². The Morgan fingerprint density at radius 3 is 2.54 bits per heavy atom. The van der Waals surface area contributed by atoms with E-state index in [4.69, 9.17) is 10.5 Å². The zero-order valence-electron chi connectivity index (χ0n) is 22.6. The number of nitriles is 2. The van der Waals surface area contributed by atoms with Gasteiger partial charge in [-0.3, -0.25) is 9.78 Å². The van der Waals surface area contributed by atoms with E-state index in [9.17, 15) is 19.7 Å². The molecule has 1 saturated heterocycles. The SMILES string of the molecule is CC1(NC(=O)c2ncccc2F)CCN(c2ccc(-c3cc(OCC4(C#N)CC4)cnc3C(C#N)=CN)cn2)CC1. The third-order valence-corrected chi connectivity index (χ3v) is 7.65. The van der Waals surface area contributed by atoms with Gasteiger partial charge in [-0.05, 0) is 62.9 Å². The van der Waals surface area contributed by atoms with Gasteiger partial charge in [-0.2, -0.15) is 10.5 Å². The van der Waals surface area contributed by atoms with Gasteiger partial charge in [-0.1, -0.05) is 0 Å². The molecule has 0 aromatic carbocycles. The molecule has 4 heterocycles. The fourth-order valence-corrected chi connectivity index (χ4v) is 4.76. The van der Waals surface area contributed by atoms with Crippen molar-refractivity contribution in [1.29, 1.82) is 10.5 Å². The number of amides is 1. The number of anilines is 1. The Morgan fingerprint density at radius 2 is 1.93 bits per heavy atom. The number of nitrogens with two attached hydrogens (primary N) is 1. The van der Waals surface area contributed by atoms with E-state index < -0.39 is 22.7 Å². The number of pyridine rings is 3. The maximum Gasteiger partial charge on any atom is 0.273 e. The van der Waals surface area contributed by atoms with E-state index in [0.717, 1.165) is 24.2 Å². The second kappa shape index (κ2) is 11.2. The van der Waals surface area contributed by atoms with Crippen LogP contribution in [0.15, 0.2) is 55.1 Å². The molecule has 3 aromatic rings. The zero-order valence-corrected chi connectivity index (χ0v) is 22.6. The van der Waals surface area contributed by atoms with Crippen LogP contribution in [0.2, 0.25) is 0 Å². The van der Waals surface area contributed by atoms with Gasteiger partial charge in [0.1, 0.15) is 24.2 Å². The Morgan fingerprint density at radius 1 is 1.15 bits per heavy atom. The van der Waals surface area contributed by atoms with E-state index in [-0.39, 0.29) is 17.9 Å². The number of nitrogens with zero attached hydrogens (tertiary/aromatic N) is 6. The maximum atomic E-state index is 14.0. The molecule has 41 heavy (non-hydrogen) atoms. The van der Waals surface area contributed by atoms with Crippen LogP contribution in [-0.4, -0.2) is 46.1 Å². The summed E-state index contributed by atoms with van der Waals surface area (Å²) in [6, 6.07) is 12.6. The number of hydrogen-bond donors (Lipinski definition) is 2. The van der Waals surface area contributed by atoms with Gasteiger partial charge in [-0.15, -0.1) is 0 Å². The lowest BCUT2D eigenvalue weighted by molar-refractivity contribution is 0.0881. The van der Waals surface area contributed by atoms with Crippen molar-refractivity contribution in [3.8, 4) is 29.0 Å². The number of nitrogens with one attached hydrogen (secondary N) is 1. The highest BCUT2D eigenvalue weighted by Crippen LogP contribution is 2.45. The topological polar surface area (TPSA) is 154 Å². The fraction of sp³-hybridized carbons (Fsp3) is 0.333. The molecule has 0 bridgehead atoms. The molecule has 208 valence electrons. The predicted octanol–water partition coefficient (Wildman–Crippen LogP) is 3.97. The van der Waals surface area contributed by atoms with Gasteiger partial charge in [0.15, 0.2) is 11.5 Å². The Bertz CT molecular complexity index is 1560. The third kappa shape index (κ3) is 5.94. The number of rotatable bonds is 8. The van der Waals surface area contributed by atoms with Crippen molar-refractivity contribution in [3.05, 3.63) is 72.3 Å². The number of carbonyl (C=O) groups is 1. The molecule has 2 fully saturated rings. The van der Waals surface area contributed by atoms with Crippen LogP contribution in [0, 0.1) is 33.9 Å². The number of allylic oxidation sites excluding steroid dienone is 1. The number of piperidine rings is 1. The summed E-state index contributed by atoms with van der Waals surface area (Å²) in [5.74, 6) is 0.0787. The average Bonchev–Trinajstić information content (AvgIpc) is 3.78. The van der Waals surface area contributed by atoms with Crippen molar-refractivity contribution < 1.29 is 13.9 Å². The number of carbonyl (C=O) groups excluding carboxylic acids is 1. The van der Waals surface area contributed by atoms with E-state index >= 15 is 0 Å². The molecule has 1 aliphatic carbocycles. The van der Waals surface area contributed by atoms with Gasteiger partial charge < -0.3 is 20.7 Å². The first kappa shape index (κ1) is 27.5. The van der Waals surface area contributed by atoms with Crippen LogP contribution in [0.25, 0.3) is 16.7 Å². The molecule has 0 atom stereocenters. The molecule has 0 radical (unpaired) electrons. The molecule has 0 spiro atoms. The van der Waals surface area contributed by atoms with E-state index in [2.05, 4.69) is 37.3 Å². The van der Waals surface area contributed by atoms with E-state index in [1.165, 1.54) is 30.7 Å². The number of aromatic nitrogens is 3.